The van der Waals surface area contributed by atoms with E-state index in [4.69, 9.17) is 28.6 Å². The summed E-state index contributed by atoms with van der Waals surface area (Å²) in [6.45, 7) is 2.11. The van der Waals surface area contributed by atoms with E-state index in [1.54, 1.807) is 18.2 Å². The fraction of sp³-hybridized carbons (Fsp3) is 0.200. The summed E-state index contributed by atoms with van der Waals surface area (Å²) < 4.78 is 1.82. The molecule has 0 radical (unpaired) electrons. The minimum Gasteiger partial charge on any atom is -0.316 e. The Morgan fingerprint density at radius 1 is 1.24 bits per heavy atom. The molecular weight excluding hydrogens is 429 g/mol. The number of amides is 1. The number of aliphatic imine (C=N–C) groups is 1. The summed E-state index contributed by atoms with van der Waals surface area (Å²) in [5, 5.41) is 16.6. The van der Waals surface area contributed by atoms with Gasteiger partial charge in [0, 0.05) is 11.9 Å². The quantitative estimate of drug-likeness (QED) is 0.609. The van der Waals surface area contributed by atoms with Gasteiger partial charge in [0.05, 0.1) is 21.3 Å². The van der Waals surface area contributed by atoms with E-state index in [0.29, 0.717) is 26.6 Å². The summed E-state index contributed by atoms with van der Waals surface area (Å²) in [4.78, 5) is 16.8. The van der Waals surface area contributed by atoms with Crippen molar-refractivity contribution in [1.29, 1.82) is 5.41 Å². The van der Waals surface area contributed by atoms with Crippen LogP contribution in [0, 0.1) is 5.41 Å². The summed E-state index contributed by atoms with van der Waals surface area (Å²) in [6.07, 6.45) is 6.32. The van der Waals surface area contributed by atoms with Crippen molar-refractivity contribution in [2.24, 2.45) is 10.1 Å². The average Bonchev–Trinajstić information content (AvgIpc) is 3.32. The molecule has 9 heteroatoms. The highest BCUT2D eigenvalue weighted by molar-refractivity contribution is 8.26. The van der Waals surface area contributed by atoms with E-state index in [9.17, 15) is 4.79 Å². The summed E-state index contributed by atoms with van der Waals surface area (Å²) >= 11 is 13.9. The van der Waals surface area contributed by atoms with Crippen molar-refractivity contribution in [3.8, 4) is 5.69 Å². The maximum absolute atomic E-state index is 12.6. The smallest absolute Gasteiger partial charge is 0.283 e. The van der Waals surface area contributed by atoms with Crippen LogP contribution in [0.1, 0.15) is 31.9 Å². The number of carbonyl (C=O) groups is 1. The van der Waals surface area contributed by atoms with Gasteiger partial charge in [-0.15, -0.1) is 0 Å². The molecule has 4 rings (SSSR count). The van der Waals surface area contributed by atoms with Crippen molar-refractivity contribution in [3.05, 3.63) is 57.8 Å². The number of amidine groups is 2. The van der Waals surface area contributed by atoms with E-state index in [2.05, 4.69) is 17.0 Å². The highest BCUT2D eigenvalue weighted by Crippen LogP contribution is 2.32. The Kier molecular flexibility index (Phi) is 5.63. The zero-order valence-corrected chi connectivity index (χ0v) is 17.9. The molecule has 6 nitrogen and oxygen atoms in total. The molecule has 2 aliphatic rings. The number of nitrogens with one attached hydrogen (secondary N) is 1. The first-order valence-electron chi connectivity index (χ1n) is 9.10. The molecule has 0 fully saturated rings. The van der Waals surface area contributed by atoms with E-state index >= 15 is 0 Å². The summed E-state index contributed by atoms with van der Waals surface area (Å²) in [5.74, 6) is -0.436. The molecule has 3 heterocycles. The van der Waals surface area contributed by atoms with E-state index in [1.807, 2.05) is 29.0 Å². The standard InChI is InChI=1S/C20H17Cl2N5OS/c1-2-3-9-16-25-27-18(23)13(19(28)24-20(27)29-16)11-12-6-5-10-26(12)15-8-4-7-14(21)17(15)22/h4-8,10-11,23H,2-3,9H2,1H3/b13-11-,23-18?. The number of thioether (sulfide) groups is 1. The zero-order valence-electron chi connectivity index (χ0n) is 15.5. The van der Waals surface area contributed by atoms with Crippen molar-refractivity contribution in [2.75, 3.05) is 0 Å². The van der Waals surface area contributed by atoms with Crippen molar-refractivity contribution in [2.45, 2.75) is 26.2 Å². The van der Waals surface area contributed by atoms with Crippen LogP contribution in [0.25, 0.3) is 11.8 Å². The molecule has 1 aromatic heterocycles. The number of nitrogens with zero attached hydrogens (tertiary/aromatic N) is 4. The molecule has 0 aliphatic carbocycles. The number of fused-ring (bicyclic) bond motifs is 1. The van der Waals surface area contributed by atoms with Crippen molar-refractivity contribution in [1.82, 2.24) is 9.58 Å². The maximum atomic E-state index is 12.6. The van der Waals surface area contributed by atoms with Gasteiger partial charge in [-0.3, -0.25) is 10.2 Å². The predicted molar refractivity (Wildman–Crippen MR) is 120 cm³/mol. The number of benzene rings is 1. The number of aromatic nitrogens is 1. The largest absolute Gasteiger partial charge is 0.316 e. The van der Waals surface area contributed by atoms with Gasteiger partial charge >= 0.3 is 0 Å². The van der Waals surface area contributed by atoms with Gasteiger partial charge in [-0.2, -0.15) is 15.1 Å². The van der Waals surface area contributed by atoms with Crippen LogP contribution in [0.2, 0.25) is 10.0 Å². The minimum absolute atomic E-state index is 0.0175. The monoisotopic (exact) mass is 445 g/mol. The Labute approximate surface area is 182 Å². The number of unbranched alkanes of at least 4 members (excludes halogenated alkanes) is 1. The van der Waals surface area contributed by atoms with Gasteiger partial charge in [-0.05, 0) is 54.9 Å². The third kappa shape index (κ3) is 3.77. The third-order valence-electron chi connectivity index (χ3n) is 4.50. The van der Waals surface area contributed by atoms with Gasteiger partial charge < -0.3 is 4.57 Å². The Balaban J connectivity index is 1.70. The van der Waals surface area contributed by atoms with E-state index in [1.165, 1.54) is 16.8 Å². The predicted octanol–water partition coefficient (Wildman–Crippen LogP) is 5.59. The van der Waals surface area contributed by atoms with E-state index in [0.717, 1.165) is 24.3 Å². The van der Waals surface area contributed by atoms with Crippen molar-refractivity contribution in [3.63, 3.8) is 0 Å². The first-order chi connectivity index (χ1) is 14.0. The molecule has 0 saturated heterocycles. The lowest BCUT2D eigenvalue weighted by Gasteiger charge is -2.20. The van der Waals surface area contributed by atoms with Crippen LogP contribution in [-0.4, -0.2) is 31.5 Å². The normalized spacial score (nSPS) is 17.6. The lowest BCUT2D eigenvalue weighted by Crippen LogP contribution is -2.35. The second-order valence-electron chi connectivity index (χ2n) is 6.49. The number of rotatable bonds is 5. The van der Waals surface area contributed by atoms with Crippen LogP contribution in [-0.2, 0) is 4.79 Å². The molecule has 148 valence electrons. The van der Waals surface area contributed by atoms with E-state index < -0.39 is 5.91 Å². The molecule has 2 aliphatic heterocycles. The van der Waals surface area contributed by atoms with Crippen LogP contribution in [0.4, 0.5) is 0 Å². The topological polar surface area (TPSA) is 73.8 Å². The number of hydrogen-bond acceptors (Lipinski definition) is 4. The first-order valence-corrected chi connectivity index (χ1v) is 10.7. The van der Waals surface area contributed by atoms with E-state index in [-0.39, 0.29) is 11.4 Å². The lowest BCUT2D eigenvalue weighted by molar-refractivity contribution is -0.114. The number of carbonyl (C=O) groups excluding carboxylic acids is 1. The number of halogens is 2. The Bertz CT molecular complexity index is 1100. The van der Waals surface area contributed by atoms with Crippen molar-refractivity contribution >= 4 is 63.0 Å². The Morgan fingerprint density at radius 2 is 2.07 bits per heavy atom. The minimum atomic E-state index is -0.453. The van der Waals surface area contributed by atoms with Crippen LogP contribution in [0.5, 0.6) is 0 Å². The summed E-state index contributed by atoms with van der Waals surface area (Å²) in [5.41, 5.74) is 1.54. The van der Waals surface area contributed by atoms with Crippen LogP contribution < -0.4 is 0 Å². The summed E-state index contributed by atoms with van der Waals surface area (Å²) in [6, 6.07) is 9.02. The SMILES string of the molecule is CCCCC1=NN2C(=N)/C(=C/c3cccn3-c3cccc(Cl)c3Cl)C(=O)N=C2S1. The fourth-order valence-electron chi connectivity index (χ4n) is 3.02. The first kappa shape index (κ1) is 19.9. The third-order valence-corrected chi connectivity index (χ3v) is 6.28. The Hall–Kier alpha value is -2.35. The van der Waals surface area contributed by atoms with Crippen LogP contribution in [0.3, 0.4) is 0 Å². The molecule has 1 amide bonds. The maximum Gasteiger partial charge on any atom is 0.283 e. The summed E-state index contributed by atoms with van der Waals surface area (Å²) in [7, 11) is 0. The second kappa shape index (κ2) is 8.18. The van der Waals surface area contributed by atoms with Crippen LogP contribution >= 0.6 is 35.0 Å². The molecule has 1 aromatic carbocycles. The fourth-order valence-corrected chi connectivity index (χ4v) is 4.33. The molecule has 0 bridgehead atoms. The molecular formula is C20H17Cl2N5OS. The number of hydrogen-bond donors (Lipinski definition) is 1. The molecule has 0 spiro atoms. The molecule has 0 saturated carbocycles. The van der Waals surface area contributed by atoms with Gasteiger partial charge in [0.1, 0.15) is 5.04 Å². The zero-order chi connectivity index (χ0) is 20.5. The molecule has 1 N–H and O–H groups in total. The molecule has 0 unspecified atom stereocenters. The van der Waals surface area contributed by atoms with Crippen molar-refractivity contribution < 1.29 is 4.79 Å². The van der Waals surface area contributed by atoms with Gasteiger partial charge in [0.2, 0.25) is 5.17 Å². The van der Waals surface area contributed by atoms with Gasteiger partial charge in [-0.1, -0.05) is 42.6 Å². The Morgan fingerprint density at radius 3 is 2.86 bits per heavy atom. The van der Waals surface area contributed by atoms with Gasteiger partial charge in [0.25, 0.3) is 5.91 Å². The molecule has 0 atom stereocenters. The molecule has 29 heavy (non-hydrogen) atoms. The lowest BCUT2D eigenvalue weighted by atomic mass is 10.1. The average molecular weight is 446 g/mol. The highest BCUT2D eigenvalue weighted by Gasteiger charge is 2.35. The highest BCUT2D eigenvalue weighted by atomic mass is 35.5. The number of hydrazone groups is 1. The van der Waals surface area contributed by atoms with Gasteiger partial charge in [0.15, 0.2) is 5.84 Å². The van der Waals surface area contributed by atoms with Crippen LogP contribution in [0.15, 0.2) is 52.2 Å². The molecule has 2 aromatic rings. The van der Waals surface area contributed by atoms with Gasteiger partial charge in [-0.25, -0.2) is 0 Å². The second-order valence-corrected chi connectivity index (χ2v) is 8.32.